The molecule has 0 bridgehead atoms. The minimum absolute atomic E-state index is 0.151. The minimum atomic E-state index is -1.37. The number of nitrogens with two attached hydrogens (primary N) is 1. The summed E-state index contributed by atoms with van der Waals surface area (Å²) in [5, 5.41) is 32.4. The monoisotopic (exact) mass is 597 g/mol. The highest BCUT2D eigenvalue weighted by molar-refractivity contribution is 5.86. The lowest BCUT2D eigenvalue weighted by Gasteiger charge is -2.18. The number of carbonyl (C=O) groups is 5. The zero-order chi connectivity index (χ0) is 31.8. The van der Waals surface area contributed by atoms with Crippen molar-refractivity contribution in [1.29, 1.82) is 0 Å². The van der Waals surface area contributed by atoms with Gasteiger partial charge in [0.1, 0.15) is 18.1 Å². The van der Waals surface area contributed by atoms with Crippen LogP contribution in [0.15, 0.2) is 12.2 Å². The van der Waals surface area contributed by atoms with Crippen LogP contribution in [-0.4, -0.2) is 63.2 Å². The van der Waals surface area contributed by atoms with E-state index in [1.165, 1.54) is 70.6 Å². The molecular weight excluding hydrogens is 542 g/mol. The van der Waals surface area contributed by atoms with Crippen molar-refractivity contribution in [1.82, 2.24) is 10.6 Å². The minimum Gasteiger partial charge on any atom is -0.480 e. The van der Waals surface area contributed by atoms with Crippen LogP contribution < -0.4 is 16.4 Å². The molecule has 2 unspecified atom stereocenters. The fourth-order valence-electron chi connectivity index (χ4n) is 4.69. The maximum Gasteiger partial charge on any atom is 0.326 e. The number of nitrogens with one attached hydrogen (secondary N) is 2. The van der Waals surface area contributed by atoms with Crippen LogP contribution in [0, 0.1) is 0 Å². The predicted octanol–water partition coefficient (Wildman–Crippen LogP) is 4.92. The van der Waals surface area contributed by atoms with E-state index in [0.717, 1.165) is 19.3 Å². The Morgan fingerprint density at radius 1 is 0.595 bits per heavy atom. The first kappa shape index (κ1) is 39.0. The summed E-state index contributed by atoms with van der Waals surface area (Å²) in [6.45, 7) is 5.86. The summed E-state index contributed by atoms with van der Waals surface area (Å²) in [6.07, 6.45) is 17.4. The standard InChI is InChI=1S/C31H55N3O8/c1-3-4-5-6-7-8-9-10-11-12-13-14-15-16-17-18-27(35)33-25(30(39)40)19-20-28(36)34-26(31(41)42)22-23(2)21-24(32)29(37)38/h24-26H,2-22,32H2,1H3,(H,33,35)(H,34,36)(H,37,38)(H,39,40)(H,41,42)/t24?,25-,26?/m1/s1. The van der Waals surface area contributed by atoms with E-state index < -0.39 is 47.8 Å². The van der Waals surface area contributed by atoms with Crippen LogP contribution in [0.1, 0.15) is 135 Å². The molecular formula is C31H55N3O8. The van der Waals surface area contributed by atoms with Gasteiger partial charge in [0.25, 0.3) is 0 Å². The second kappa shape index (κ2) is 24.6. The van der Waals surface area contributed by atoms with Gasteiger partial charge in [0.15, 0.2) is 0 Å². The van der Waals surface area contributed by atoms with Gasteiger partial charge >= 0.3 is 17.9 Å². The third-order valence-corrected chi connectivity index (χ3v) is 7.25. The topological polar surface area (TPSA) is 196 Å². The number of unbranched alkanes of at least 4 members (excludes halogenated alkanes) is 14. The summed E-state index contributed by atoms with van der Waals surface area (Å²) in [5.41, 5.74) is 5.67. The van der Waals surface area contributed by atoms with Gasteiger partial charge in [-0.15, -0.1) is 0 Å². The van der Waals surface area contributed by atoms with Crippen molar-refractivity contribution < 1.29 is 39.3 Å². The maximum absolute atomic E-state index is 12.3. The summed E-state index contributed by atoms with van der Waals surface area (Å²) >= 11 is 0. The van der Waals surface area contributed by atoms with Crippen LogP contribution in [-0.2, 0) is 24.0 Å². The molecule has 0 aromatic rings. The van der Waals surface area contributed by atoms with E-state index in [1.807, 2.05) is 0 Å². The van der Waals surface area contributed by atoms with Gasteiger partial charge in [-0.25, -0.2) is 9.59 Å². The van der Waals surface area contributed by atoms with E-state index in [4.69, 9.17) is 10.8 Å². The molecule has 7 N–H and O–H groups in total. The SMILES string of the molecule is C=C(CC(N)C(=O)O)CC(NC(=O)CC[C@@H](NC(=O)CCCCCCCCCCCCCCCCC)C(=O)O)C(=O)O. The van der Waals surface area contributed by atoms with Crippen LogP contribution in [0.3, 0.4) is 0 Å². The number of aliphatic carboxylic acids is 3. The molecule has 0 spiro atoms. The zero-order valence-electron chi connectivity index (χ0n) is 25.5. The number of hydrogen-bond donors (Lipinski definition) is 6. The quantitative estimate of drug-likeness (QED) is 0.0536. The fourth-order valence-corrected chi connectivity index (χ4v) is 4.69. The largest absolute Gasteiger partial charge is 0.480 e. The molecule has 0 aliphatic carbocycles. The number of rotatable bonds is 28. The van der Waals surface area contributed by atoms with E-state index in [-0.39, 0.29) is 37.7 Å². The van der Waals surface area contributed by atoms with Crippen LogP contribution >= 0.6 is 0 Å². The lowest BCUT2D eigenvalue weighted by atomic mass is 10.0. The molecule has 0 rings (SSSR count). The van der Waals surface area contributed by atoms with Crippen LogP contribution in [0.25, 0.3) is 0 Å². The van der Waals surface area contributed by atoms with E-state index >= 15 is 0 Å². The highest BCUT2D eigenvalue weighted by Gasteiger charge is 2.25. The normalized spacial score (nSPS) is 13.1. The average Bonchev–Trinajstić information content (AvgIpc) is 2.92. The number of carboxylic acids is 3. The van der Waals surface area contributed by atoms with Crippen LogP contribution in [0.2, 0.25) is 0 Å². The maximum atomic E-state index is 12.3. The Labute approximate surface area is 251 Å². The first-order chi connectivity index (χ1) is 20.0. The van der Waals surface area contributed by atoms with Gasteiger partial charge in [-0.05, 0) is 25.7 Å². The van der Waals surface area contributed by atoms with Gasteiger partial charge in [-0.3, -0.25) is 14.4 Å². The van der Waals surface area contributed by atoms with Gasteiger partial charge in [-0.1, -0.05) is 109 Å². The summed E-state index contributed by atoms with van der Waals surface area (Å²) in [5.74, 6) is -4.99. The predicted molar refractivity (Wildman–Crippen MR) is 162 cm³/mol. The summed E-state index contributed by atoms with van der Waals surface area (Å²) in [7, 11) is 0. The first-order valence-corrected chi connectivity index (χ1v) is 15.7. The summed E-state index contributed by atoms with van der Waals surface area (Å²) in [4.78, 5) is 58.5. The van der Waals surface area contributed by atoms with Crippen molar-refractivity contribution in [2.45, 2.75) is 153 Å². The number of hydrogen-bond acceptors (Lipinski definition) is 6. The van der Waals surface area contributed by atoms with Crippen molar-refractivity contribution in [2.24, 2.45) is 5.73 Å². The number of carboxylic acid groups (broad SMARTS) is 3. The molecule has 3 atom stereocenters. The third-order valence-electron chi connectivity index (χ3n) is 7.25. The molecule has 0 aromatic carbocycles. The Morgan fingerprint density at radius 2 is 1.00 bits per heavy atom. The molecule has 0 saturated heterocycles. The second-order valence-electron chi connectivity index (χ2n) is 11.3. The molecule has 242 valence electrons. The molecule has 0 heterocycles. The molecule has 2 amide bonds. The van der Waals surface area contributed by atoms with Crippen LogP contribution in [0.5, 0.6) is 0 Å². The molecule has 11 heteroatoms. The fraction of sp³-hybridized carbons (Fsp3) is 0.774. The highest BCUT2D eigenvalue weighted by Crippen LogP contribution is 2.14. The van der Waals surface area contributed by atoms with Gasteiger partial charge in [0.2, 0.25) is 11.8 Å². The third kappa shape index (κ3) is 21.8. The van der Waals surface area contributed by atoms with Crippen molar-refractivity contribution in [3.8, 4) is 0 Å². The number of carbonyl (C=O) groups excluding carboxylic acids is 2. The first-order valence-electron chi connectivity index (χ1n) is 15.7. The van der Waals surface area contributed by atoms with Crippen molar-refractivity contribution in [3.05, 3.63) is 12.2 Å². The summed E-state index contributed by atoms with van der Waals surface area (Å²) < 4.78 is 0. The Bertz CT molecular complexity index is 833. The van der Waals surface area contributed by atoms with Crippen LogP contribution in [0.4, 0.5) is 0 Å². The lowest BCUT2D eigenvalue weighted by Crippen LogP contribution is -2.44. The Kier molecular flexibility index (Phi) is 22.9. The second-order valence-corrected chi connectivity index (χ2v) is 11.3. The molecule has 11 nitrogen and oxygen atoms in total. The van der Waals surface area contributed by atoms with Gasteiger partial charge in [0, 0.05) is 12.8 Å². The zero-order valence-corrected chi connectivity index (χ0v) is 25.5. The average molecular weight is 598 g/mol. The van der Waals surface area contributed by atoms with Crippen molar-refractivity contribution in [2.75, 3.05) is 0 Å². The van der Waals surface area contributed by atoms with Gasteiger partial charge in [0.05, 0.1) is 0 Å². The van der Waals surface area contributed by atoms with Crippen molar-refractivity contribution in [3.63, 3.8) is 0 Å². The summed E-state index contributed by atoms with van der Waals surface area (Å²) in [6, 6.07) is -3.88. The van der Waals surface area contributed by atoms with Gasteiger partial charge < -0.3 is 31.7 Å². The van der Waals surface area contributed by atoms with E-state index in [0.29, 0.717) is 6.42 Å². The smallest absolute Gasteiger partial charge is 0.326 e. The molecule has 0 aromatic heterocycles. The Balaban J connectivity index is 4.13. The highest BCUT2D eigenvalue weighted by atomic mass is 16.4. The lowest BCUT2D eigenvalue weighted by molar-refractivity contribution is -0.143. The van der Waals surface area contributed by atoms with E-state index in [1.54, 1.807) is 0 Å². The number of amides is 2. The Morgan fingerprint density at radius 3 is 1.43 bits per heavy atom. The molecule has 0 aliphatic heterocycles. The van der Waals surface area contributed by atoms with E-state index in [9.17, 15) is 34.2 Å². The molecule has 0 saturated carbocycles. The molecule has 0 fully saturated rings. The van der Waals surface area contributed by atoms with Gasteiger partial charge in [-0.2, -0.15) is 0 Å². The Hall–Kier alpha value is -2.95. The molecule has 42 heavy (non-hydrogen) atoms. The molecule has 0 radical (unpaired) electrons. The van der Waals surface area contributed by atoms with Crippen molar-refractivity contribution >= 4 is 29.7 Å². The molecule has 0 aliphatic rings. The van der Waals surface area contributed by atoms with E-state index in [2.05, 4.69) is 24.1 Å².